The molecule has 0 spiro atoms. The van der Waals surface area contributed by atoms with E-state index in [2.05, 4.69) is 29.7 Å². The van der Waals surface area contributed by atoms with Gasteiger partial charge >= 0.3 is 0 Å². The zero-order valence-electron chi connectivity index (χ0n) is 13.6. The predicted molar refractivity (Wildman–Crippen MR) is 97.6 cm³/mol. The number of thioether (sulfide) groups is 1. The Bertz CT molecular complexity index is 774. The highest BCUT2D eigenvalue weighted by atomic mass is 32.2. The normalized spacial score (nSPS) is 13.6. The van der Waals surface area contributed by atoms with Crippen LogP contribution in [-0.4, -0.2) is 24.1 Å². The molecule has 0 aliphatic carbocycles. The molecule has 0 unspecified atom stereocenters. The van der Waals surface area contributed by atoms with Gasteiger partial charge in [-0.05, 0) is 42.7 Å². The molecule has 24 heavy (non-hydrogen) atoms. The van der Waals surface area contributed by atoms with Crippen LogP contribution in [0.1, 0.15) is 27.9 Å². The Morgan fingerprint density at radius 2 is 2.08 bits per heavy atom. The highest BCUT2D eigenvalue weighted by Gasteiger charge is 2.15. The maximum atomic E-state index is 12.3. The molecule has 0 atom stereocenters. The zero-order chi connectivity index (χ0) is 16.9. The van der Waals surface area contributed by atoms with E-state index in [0.717, 1.165) is 22.8 Å². The van der Waals surface area contributed by atoms with E-state index in [1.165, 1.54) is 11.1 Å². The van der Waals surface area contributed by atoms with Crippen molar-refractivity contribution in [2.45, 2.75) is 24.7 Å². The first-order chi connectivity index (χ1) is 11.6. The van der Waals surface area contributed by atoms with Gasteiger partial charge in [0.05, 0.1) is 5.69 Å². The highest BCUT2D eigenvalue weighted by molar-refractivity contribution is 7.99. The van der Waals surface area contributed by atoms with Crippen LogP contribution in [0, 0.1) is 6.92 Å². The lowest BCUT2D eigenvalue weighted by Crippen LogP contribution is -2.26. The van der Waals surface area contributed by atoms with Gasteiger partial charge < -0.3 is 10.6 Å². The summed E-state index contributed by atoms with van der Waals surface area (Å²) in [5.41, 5.74) is 3.77. The molecule has 0 bridgehead atoms. The van der Waals surface area contributed by atoms with Gasteiger partial charge in [0.1, 0.15) is 0 Å². The summed E-state index contributed by atoms with van der Waals surface area (Å²) in [4.78, 5) is 25.0. The molecule has 1 aliphatic heterocycles. The maximum absolute atomic E-state index is 12.3. The number of rotatable bonds is 4. The monoisotopic (exact) mass is 340 g/mol. The molecular formula is C19H20N2O2S. The zero-order valence-corrected chi connectivity index (χ0v) is 14.4. The lowest BCUT2D eigenvalue weighted by Gasteiger charge is -2.10. The molecule has 0 saturated carbocycles. The van der Waals surface area contributed by atoms with Crippen LogP contribution in [0.3, 0.4) is 0 Å². The third-order valence-electron chi connectivity index (χ3n) is 4.04. The SMILES string of the molecule is Cc1ccccc1CCNC(=O)c1ccc2c(c1)NC(=O)CCS2. The Kier molecular flexibility index (Phi) is 5.20. The third-order valence-corrected chi connectivity index (χ3v) is 5.12. The molecule has 1 heterocycles. The topological polar surface area (TPSA) is 58.2 Å². The molecular weight excluding hydrogens is 320 g/mol. The summed E-state index contributed by atoms with van der Waals surface area (Å²) in [7, 11) is 0. The standard InChI is InChI=1S/C19H20N2O2S/c1-13-4-2-3-5-14(13)8-10-20-19(23)15-6-7-17-16(12-15)21-18(22)9-11-24-17/h2-7,12H,8-11H2,1H3,(H,20,23)(H,21,22). The number of benzene rings is 2. The average molecular weight is 340 g/mol. The van der Waals surface area contributed by atoms with Gasteiger partial charge in [-0.15, -0.1) is 11.8 Å². The molecule has 5 heteroatoms. The number of anilines is 1. The Morgan fingerprint density at radius 1 is 1.25 bits per heavy atom. The summed E-state index contributed by atoms with van der Waals surface area (Å²) in [5, 5.41) is 5.82. The molecule has 124 valence electrons. The number of nitrogens with one attached hydrogen (secondary N) is 2. The highest BCUT2D eigenvalue weighted by Crippen LogP contribution is 2.31. The number of amides is 2. The van der Waals surface area contributed by atoms with Crippen molar-refractivity contribution in [2.75, 3.05) is 17.6 Å². The summed E-state index contributed by atoms with van der Waals surface area (Å²) in [6.45, 7) is 2.66. The van der Waals surface area contributed by atoms with Gasteiger partial charge in [-0.3, -0.25) is 9.59 Å². The first-order valence-electron chi connectivity index (χ1n) is 8.03. The molecule has 4 nitrogen and oxygen atoms in total. The van der Waals surface area contributed by atoms with Crippen LogP contribution in [0.4, 0.5) is 5.69 Å². The predicted octanol–water partition coefficient (Wildman–Crippen LogP) is 3.40. The van der Waals surface area contributed by atoms with Crippen LogP contribution in [0.15, 0.2) is 47.4 Å². The van der Waals surface area contributed by atoms with Crippen molar-refractivity contribution in [3.8, 4) is 0 Å². The molecule has 0 radical (unpaired) electrons. The first kappa shape index (κ1) is 16.6. The van der Waals surface area contributed by atoms with E-state index in [0.29, 0.717) is 18.5 Å². The second-order valence-corrected chi connectivity index (χ2v) is 6.93. The number of hydrogen-bond donors (Lipinski definition) is 2. The average Bonchev–Trinajstić information content (AvgIpc) is 2.76. The molecule has 0 aromatic heterocycles. The van der Waals surface area contributed by atoms with E-state index >= 15 is 0 Å². The van der Waals surface area contributed by atoms with Crippen molar-refractivity contribution in [2.24, 2.45) is 0 Å². The molecule has 3 rings (SSSR count). The van der Waals surface area contributed by atoms with Crippen molar-refractivity contribution in [1.29, 1.82) is 0 Å². The van der Waals surface area contributed by atoms with Crippen LogP contribution in [0.2, 0.25) is 0 Å². The van der Waals surface area contributed by atoms with Crippen molar-refractivity contribution >= 4 is 29.3 Å². The second-order valence-electron chi connectivity index (χ2n) is 5.79. The van der Waals surface area contributed by atoms with Gasteiger partial charge in [-0.2, -0.15) is 0 Å². The molecule has 0 saturated heterocycles. The summed E-state index contributed by atoms with van der Waals surface area (Å²) >= 11 is 1.64. The van der Waals surface area contributed by atoms with Gasteiger partial charge in [0.25, 0.3) is 5.91 Å². The first-order valence-corrected chi connectivity index (χ1v) is 9.01. The molecule has 2 amide bonds. The lowest BCUT2D eigenvalue weighted by atomic mass is 10.1. The van der Waals surface area contributed by atoms with Gasteiger partial charge in [-0.1, -0.05) is 24.3 Å². The van der Waals surface area contributed by atoms with Crippen LogP contribution in [0.25, 0.3) is 0 Å². The van der Waals surface area contributed by atoms with Crippen LogP contribution in [-0.2, 0) is 11.2 Å². The van der Waals surface area contributed by atoms with Crippen molar-refractivity contribution < 1.29 is 9.59 Å². The number of carbonyl (C=O) groups is 2. The Morgan fingerprint density at radius 3 is 2.92 bits per heavy atom. The summed E-state index contributed by atoms with van der Waals surface area (Å²) in [5.74, 6) is 0.647. The largest absolute Gasteiger partial charge is 0.352 e. The second kappa shape index (κ2) is 7.53. The number of hydrogen-bond acceptors (Lipinski definition) is 3. The molecule has 2 aromatic carbocycles. The quantitative estimate of drug-likeness (QED) is 0.897. The van der Waals surface area contributed by atoms with Crippen LogP contribution in [0.5, 0.6) is 0 Å². The Balaban J connectivity index is 1.63. The summed E-state index contributed by atoms with van der Waals surface area (Å²) < 4.78 is 0. The van der Waals surface area contributed by atoms with Gasteiger partial charge in [0.2, 0.25) is 5.91 Å². The summed E-state index contributed by atoms with van der Waals surface area (Å²) in [6.07, 6.45) is 1.30. The Labute approximate surface area is 146 Å². The summed E-state index contributed by atoms with van der Waals surface area (Å²) in [6, 6.07) is 13.7. The van der Waals surface area contributed by atoms with E-state index in [1.54, 1.807) is 17.8 Å². The number of aryl methyl sites for hydroxylation is 1. The minimum atomic E-state index is -0.116. The third kappa shape index (κ3) is 3.97. The fraction of sp³-hybridized carbons (Fsp3) is 0.263. The van der Waals surface area contributed by atoms with Crippen molar-refractivity contribution in [1.82, 2.24) is 5.32 Å². The van der Waals surface area contributed by atoms with E-state index in [1.807, 2.05) is 24.3 Å². The van der Waals surface area contributed by atoms with Gasteiger partial charge in [-0.25, -0.2) is 0 Å². The molecule has 2 aromatic rings. The lowest BCUT2D eigenvalue weighted by molar-refractivity contribution is -0.115. The minimum Gasteiger partial charge on any atom is -0.352 e. The number of carbonyl (C=O) groups excluding carboxylic acids is 2. The van der Waals surface area contributed by atoms with Crippen molar-refractivity contribution in [3.05, 3.63) is 59.2 Å². The van der Waals surface area contributed by atoms with E-state index < -0.39 is 0 Å². The fourth-order valence-corrected chi connectivity index (χ4v) is 3.60. The maximum Gasteiger partial charge on any atom is 0.251 e. The van der Waals surface area contributed by atoms with E-state index in [4.69, 9.17) is 0 Å². The fourth-order valence-electron chi connectivity index (χ4n) is 2.66. The van der Waals surface area contributed by atoms with Gasteiger partial charge in [0.15, 0.2) is 0 Å². The molecule has 0 fully saturated rings. The van der Waals surface area contributed by atoms with Crippen molar-refractivity contribution in [3.63, 3.8) is 0 Å². The molecule has 1 aliphatic rings. The molecule has 2 N–H and O–H groups in total. The van der Waals surface area contributed by atoms with Gasteiger partial charge in [0, 0.05) is 29.2 Å². The smallest absolute Gasteiger partial charge is 0.251 e. The van der Waals surface area contributed by atoms with Crippen LogP contribution >= 0.6 is 11.8 Å². The Hall–Kier alpha value is -2.27. The minimum absolute atomic E-state index is 0.00152. The van der Waals surface area contributed by atoms with Crippen LogP contribution < -0.4 is 10.6 Å². The van der Waals surface area contributed by atoms with E-state index in [9.17, 15) is 9.59 Å². The van der Waals surface area contributed by atoms with E-state index in [-0.39, 0.29) is 11.8 Å². The number of fused-ring (bicyclic) bond motifs is 1.